The van der Waals surface area contributed by atoms with Crippen LogP contribution in [-0.2, 0) is 18.4 Å². The molecule has 2 N–H and O–H groups in total. The van der Waals surface area contributed by atoms with Crippen LogP contribution in [0.1, 0.15) is 213 Å². The van der Waals surface area contributed by atoms with Gasteiger partial charge >= 0.3 is 0 Å². The number of amides is 1. The number of phosphoric acid groups is 1. The molecule has 0 spiro atoms. The Bertz CT molecular complexity index is 1180. The van der Waals surface area contributed by atoms with Crippen LogP contribution in [0.4, 0.5) is 0 Å². The summed E-state index contributed by atoms with van der Waals surface area (Å²) in [6.45, 7) is 4.53. The van der Waals surface area contributed by atoms with Crippen molar-refractivity contribution >= 4 is 13.7 Å². The Balaban J connectivity index is 3.87. The Kier molecular flexibility index (Phi) is 42.2. The number of quaternary nitrogens is 1. The van der Waals surface area contributed by atoms with Gasteiger partial charge in [0.2, 0.25) is 5.91 Å². The van der Waals surface area contributed by atoms with Gasteiger partial charge in [-0.1, -0.05) is 209 Å². The van der Waals surface area contributed by atoms with Crippen molar-refractivity contribution in [2.24, 2.45) is 0 Å². The van der Waals surface area contributed by atoms with Crippen molar-refractivity contribution in [3.05, 3.63) is 60.8 Å². The molecule has 3 atom stereocenters. The molecule has 0 saturated heterocycles. The summed E-state index contributed by atoms with van der Waals surface area (Å²) in [6.07, 6.45) is 57.2. The molecule has 356 valence electrons. The predicted octanol–water partition coefficient (Wildman–Crippen LogP) is 14.0. The molecule has 3 unspecified atom stereocenters. The number of allylic oxidation sites excluding steroid dienone is 10. The molecule has 0 radical (unpaired) electrons. The monoisotopic (exact) mass is 877 g/mol. The van der Waals surface area contributed by atoms with Crippen molar-refractivity contribution in [1.82, 2.24) is 5.32 Å². The van der Waals surface area contributed by atoms with Crippen LogP contribution in [0.2, 0.25) is 0 Å². The lowest BCUT2D eigenvalue weighted by Gasteiger charge is -2.30. The summed E-state index contributed by atoms with van der Waals surface area (Å²) >= 11 is 0. The van der Waals surface area contributed by atoms with Crippen LogP contribution in [0.25, 0.3) is 0 Å². The summed E-state index contributed by atoms with van der Waals surface area (Å²) in [5, 5.41) is 13.8. The Morgan fingerprint density at radius 3 is 1.46 bits per heavy atom. The third-order valence-corrected chi connectivity index (χ3v) is 12.0. The van der Waals surface area contributed by atoms with E-state index in [9.17, 15) is 19.4 Å². The van der Waals surface area contributed by atoms with Gasteiger partial charge in [0.1, 0.15) is 13.2 Å². The SMILES string of the molecule is CC/C=C\C/C=C\C/C=C\C/C=C\C/C=C\CCCCCCCCCCCCCCCCCCCC(=O)NC(COP(=O)([O-])OCC[N+](C)(C)C)C(O)CCCCCCCC. The molecular formula is C52H97N2O6P. The second-order valence-electron chi connectivity index (χ2n) is 18.1. The number of hydrogen-bond acceptors (Lipinski definition) is 6. The molecule has 9 heteroatoms. The number of nitrogens with one attached hydrogen (secondary N) is 1. The van der Waals surface area contributed by atoms with Crippen LogP contribution in [-0.4, -0.2) is 68.5 Å². The number of carbonyl (C=O) groups excluding carboxylic acids is 1. The number of nitrogens with zero attached hydrogens (tertiary/aromatic N) is 1. The minimum atomic E-state index is -4.55. The van der Waals surface area contributed by atoms with Crippen molar-refractivity contribution in [2.75, 3.05) is 40.9 Å². The summed E-state index contributed by atoms with van der Waals surface area (Å²) < 4.78 is 23.1. The lowest BCUT2D eigenvalue weighted by atomic mass is 10.0. The molecule has 0 bridgehead atoms. The zero-order valence-electron chi connectivity index (χ0n) is 40.4. The van der Waals surface area contributed by atoms with E-state index in [1.807, 2.05) is 21.1 Å². The lowest BCUT2D eigenvalue weighted by Crippen LogP contribution is -2.46. The van der Waals surface area contributed by atoms with E-state index in [2.05, 4.69) is 79.9 Å². The molecule has 0 saturated carbocycles. The first-order valence-corrected chi connectivity index (χ1v) is 26.6. The molecule has 0 aliphatic carbocycles. The van der Waals surface area contributed by atoms with Crippen molar-refractivity contribution in [2.45, 2.75) is 225 Å². The van der Waals surface area contributed by atoms with Gasteiger partial charge < -0.3 is 28.8 Å². The molecule has 0 aromatic carbocycles. The van der Waals surface area contributed by atoms with Gasteiger partial charge in [0, 0.05) is 6.42 Å². The number of carbonyl (C=O) groups is 1. The summed E-state index contributed by atoms with van der Waals surface area (Å²) in [5.74, 6) is -0.171. The number of rotatable bonds is 45. The summed E-state index contributed by atoms with van der Waals surface area (Å²) in [6, 6.07) is -0.797. The molecule has 1 amide bonds. The van der Waals surface area contributed by atoms with Gasteiger partial charge in [-0.25, -0.2) is 0 Å². The average Bonchev–Trinajstić information content (AvgIpc) is 3.21. The second kappa shape index (κ2) is 43.5. The van der Waals surface area contributed by atoms with Gasteiger partial charge in [-0.2, -0.15) is 0 Å². The van der Waals surface area contributed by atoms with E-state index in [0.29, 0.717) is 23.9 Å². The van der Waals surface area contributed by atoms with Crippen LogP contribution in [0, 0.1) is 0 Å². The van der Waals surface area contributed by atoms with Crippen LogP contribution in [0.3, 0.4) is 0 Å². The first-order valence-electron chi connectivity index (χ1n) is 25.1. The minimum Gasteiger partial charge on any atom is -0.756 e. The fraction of sp³-hybridized carbons (Fsp3) is 0.788. The van der Waals surface area contributed by atoms with Gasteiger partial charge in [0.05, 0.1) is 39.9 Å². The summed E-state index contributed by atoms with van der Waals surface area (Å²) in [5.41, 5.74) is 0. The first kappa shape index (κ1) is 59.2. The number of unbranched alkanes of at least 4 members (excludes halogenated alkanes) is 22. The third kappa shape index (κ3) is 46.0. The van der Waals surface area contributed by atoms with E-state index in [0.717, 1.165) is 70.6 Å². The van der Waals surface area contributed by atoms with E-state index in [-0.39, 0.29) is 19.1 Å². The van der Waals surface area contributed by atoms with Gasteiger partial charge in [-0.3, -0.25) is 9.36 Å². The highest BCUT2D eigenvalue weighted by Crippen LogP contribution is 2.38. The van der Waals surface area contributed by atoms with Crippen molar-refractivity contribution < 1.29 is 32.9 Å². The number of hydrogen-bond donors (Lipinski definition) is 2. The number of aliphatic hydroxyl groups excluding tert-OH is 1. The van der Waals surface area contributed by atoms with E-state index >= 15 is 0 Å². The standard InChI is InChI=1S/C52H97N2O6P/c1-6-8-10-12-14-15-16-17-18-19-20-21-22-23-24-25-26-27-28-29-30-31-32-33-34-35-36-37-38-39-40-42-44-46-52(56)53-50(51(55)45-43-41-13-11-9-7-2)49-60-61(57,58)59-48-47-54(3,4)5/h8,10,14-15,17-18,20-21,23-24,50-51,55H,6-7,9,11-13,16,19,22,25-49H2,1-5H3,(H-,53,56,57,58)/b10-8-,15-14-,18-17-,21-20-,24-23-. The Hall–Kier alpha value is -1.80. The number of phosphoric ester groups is 1. The molecule has 0 rings (SSSR count). The maximum atomic E-state index is 12.8. The normalized spacial score (nSPS) is 14.7. The smallest absolute Gasteiger partial charge is 0.268 e. The minimum absolute atomic E-state index is 0.0108. The zero-order valence-corrected chi connectivity index (χ0v) is 41.2. The largest absolute Gasteiger partial charge is 0.756 e. The molecule has 61 heavy (non-hydrogen) atoms. The zero-order chi connectivity index (χ0) is 45.0. The highest BCUT2D eigenvalue weighted by atomic mass is 31.2. The van der Waals surface area contributed by atoms with E-state index in [1.54, 1.807) is 0 Å². The summed E-state index contributed by atoms with van der Waals surface area (Å²) in [4.78, 5) is 25.2. The number of likely N-dealkylation sites (N-methyl/N-ethyl adjacent to an activating group) is 1. The lowest BCUT2D eigenvalue weighted by molar-refractivity contribution is -0.870. The van der Waals surface area contributed by atoms with Crippen LogP contribution in [0.5, 0.6) is 0 Å². The average molecular weight is 877 g/mol. The number of aliphatic hydroxyl groups is 1. The van der Waals surface area contributed by atoms with Gasteiger partial charge in [0.25, 0.3) is 7.82 Å². The molecule has 0 aliphatic heterocycles. The Morgan fingerprint density at radius 1 is 0.590 bits per heavy atom. The maximum absolute atomic E-state index is 12.8. The molecule has 0 aliphatic rings. The molecule has 8 nitrogen and oxygen atoms in total. The summed E-state index contributed by atoms with van der Waals surface area (Å²) in [7, 11) is 1.30. The molecule has 0 heterocycles. The van der Waals surface area contributed by atoms with E-state index in [1.165, 1.54) is 116 Å². The van der Waals surface area contributed by atoms with E-state index in [4.69, 9.17) is 9.05 Å². The van der Waals surface area contributed by atoms with Crippen LogP contribution in [0.15, 0.2) is 60.8 Å². The molecule has 0 aromatic rings. The fourth-order valence-corrected chi connectivity index (χ4v) is 7.79. The molecule has 0 fully saturated rings. The van der Waals surface area contributed by atoms with Crippen LogP contribution < -0.4 is 10.2 Å². The van der Waals surface area contributed by atoms with Gasteiger partial charge in [-0.05, 0) is 57.8 Å². The molecular weight excluding hydrogens is 780 g/mol. The van der Waals surface area contributed by atoms with Crippen molar-refractivity contribution in [3.8, 4) is 0 Å². The fourth-order valence-electron chi connectivity index (χ4n) is 7.07. The second-order valence-corrected chi connectivity index (χ2v) is 19.6. The highest BCUT2D eigenvalue weighted by molar-refractivity contribution is 7.45. The quantitative estimate of drug-likeness (QED) is 0.0273. The highest BCUT2D eigenvalue weighted by Gasteiger charge is 2.24. The Labute approximate surface area is 377 Å². The van der Waals surface area contributed by atoms with Crippen molar-refractivity contribution in [1.29, 1.82) is 0 Å². The van der Waals surface area contributed by atoms with E-state index < -0.39 is 20.0 Å². The van der Waals surface area contributed by atoms with Crippen molar-refractivity contribution in [3.63, 3.8) is 0 Å². The first-order chi connectivity index (χ1) is 29.5. The molecule has 0 aromatic heterocycles. The van der Waals surface area contributed by atoms with Gasteiger partial charge in [0.15, 0.2) is 0 Å². The predicted molar refractivity (Wildman–Crippen MR) is 261 cm³/mol. The van der Waals surface area contributed by atoms with Crippen LogP contribution >= 0.6 is 7.82 Å². The third-order valence-electron chi connectivity index (χ3n) is 11.0. The van der Waals surface area contributed by atoms with Gasteiger partial charge in [-0.15, -0.1) is 0 Å². The Morgan fingerprint density at radius 2 is 1.00 bits per heavy atom. The maximum Gasteiger partial charge on any atom is 0.268 e. The topological polar surface area (TPSA) is 108 Å².